The molecule has 0 unspecified atom stereocenters. The number of ether oxygens (including phenoxy) is 1. The molecule has 0 spiro atoms. The van der Waals surface area contributed by atoms with E-state index < -0.39 is 0 Å². The molecule has 2 saturated heterocycles. The third-order valence-electron chi connectivity index (χ3n) is 9.57. The van der Waals surface area contributed by atoms with Gasteiger partial charge >= 0.3 is 0 Å². The summed E-state index contributed by atoms with van der Waals surface area (Å²) in [6, 6.07) is 12.6. The first kappa shape index (κ1) is 27.7. The monoisotopic (exact) mass is 544 g/mol. The lowest BCUT2D eigenvalue weighted by molar-refractivity contribution is -0.000801. The molecule has 2 aliphatic heterocycles. The zero-order chi connectivity index (χ0) is 27.5. The van der Waals surface area contributed by atoms with E-state index in [4.69, 9.17) is 14.7 Å². The molecule has 7 nitrogen and oxygen atoms in total. The predicted octanol–water partition coefficient (Wildman–Crippen LogP) is 5.43. The Bertz CT molecular complexity index is 1250. The highest BCUT2D eigenvalue weighted by atomic mass is 16.5. The van der Waals surface area contributed by atoms with Crippen molar-refractivity contribution in [1.82, 2.24) is 24.3 Å². The molecule has 216 valence electrons. The SMILES string of the molecule is CCc1nc2c(C)cc(C)nc2n1Cc1ccc(N[C@H]2CC[C@H](CN3CCC(N4CCOCC4)CC3)CC2)cc1. The molecule has 7 heteroatoms. The van der Waals surface area contributed by atoms with Gasteiger partial charge < -0.3 is 19.5 Å². The number of hydrogen-bond acceptors (Lipinski definition) is 6. The van der Waals surface area contributed by atoms with Crippen molar-refractivity contribution < 1.29 is 4.74 Å². The number of piperidine rings is 1. The van der Waals surface area contributed by atoms with E-state index in [1.54, 1.807) is 0 Å². The van der Waals surface area contributed by atoms with Crippen LogP contribution in [0.2, 0.25) is 0 Å². The second-order valence-electron chi connectivity index (χ2n) is 12.5. The van der Waals surface area contributed by atoms with Crippen LogP contribution in [0.1, 0.15) is 68.1 Å². The molecule has 1 saturated carbocycles. The number of nitrogens with one attached hydrogen (secondary N) is 1. The predicted molar refractivity (Wildman–Crippen MR) is 163 cm³/mol. The maximum atomic E-state index is 5.55. The van der Waals surface area contributed by atoms with Crippen LogP contribution in [0.5, 0.6) is 0 Å². The Balaban J connectivity index is 0.970. The number of likely N-dealkylation sites (tertiary alicyclic amines) is 1. The highest BCUT2D eigenvalue weighted by Gasteiger charge is 2.28. The quantitative estimate of drug-likeness (QED) is 0.408. The lowest BCUT2D eigenvalue weighted by atomic mass is 9.85. The van der Waals surface area contributed by atoms with Crippen LogP contribution in [-0.2, 0) is 17.7 Å². The van der Waals surface area contributed by atoms with E-state index in [1.165, 1.54) is 75.0 Å². The van der Waals surface area contributed by atoms with E-state index in [-0.39, 0.29) is 0 Å². The minimum Gasteiger partial charge on any atom is -0.382 e. The fourth-order valence-corrected chi connectivity index (χ4v) is 7.27. The number of morpholine rings is 1. The van der Waals surface area contributed by atoms with Gasteiger partial charge in [0.2, 0.25) is 0 Å². The van der Waals surface area contributed by atoms with Crippen LogP contribution in [0.25, 0.3) is 11.2 Å². The van der Waals surface area contributed by atoms with Crippen LogP contribution in [0.15, 0.2) is 30.3 Å². The molecule has 3 fully saturated rings. The van der Waals surface area contributed by atoms with Crippen LogP contribution in [0, 0.1) is 19.8 Å². The van der Waals surface area contributed by atoms with Gasteiger partial charge in [-0.1, -0.05) is 19.1 Å². The van der Waals surface area contributed by atoms with E-state index >= 15 is 0 Å². The normalized spacial score (nSPS) is 23.6. The lowest BCUT2D eigenvalue weighted by Crippen LogP contribution is -2.49. The second-order valence-corrected chi connectivity index (χ2v) is 12.5. The number of imidazole rings is 1. The minimum absolute atomic E-state index is 0.591. The number of benzene rings is 1. The van der Waals surface area contributed by atoms with Crippen molar-refractivity contribution >= 4 is 16.9 Å². The molecule has 3 aliphatic rings. The maximum Gasteiger partial charge on any atom is 0.160 e. The van der Waals surface area contributed by atoms with Gasteiger partial charge in [0.05, 0.1) is 19.8 Å². The molecular weight excluding hydrogens is 496 g/mol. The number of aryl methyl sites for hydroxylation is 3. The molecule has 40 heavy (non-hydrogen) atoms. The second kappa shape index (κ2) is 12.6. The van der Waals surface area contributed by atoms with E-state index in [0.717, 1.165) is 73.9 Å². The molecule has 3 aromatic rings. The van der Waals surface area contributed by atoms with Gasteiger partial charge in [0, 0.05) is 49.5 Å². The van der Waals surface area contributed by atoms with Gasteiger partial charge in [0.1, 0.15) is 11.3 Å². The van der Waals surface area contributed by atoms with Crippen molar-refractivity contribution in [2.24, 2.45) is 5.92 Å². The summed E-state index contributed by atoms with van der Waals surface area (Å²) >= 11 is 0. The van der Waals surface area contributed by atoms with Gasteiger partial charge in [-0.3, -0.25) is 4.90 Å². The number of aromatic nitrogens is 3. The first-order chi connectivity index (χ1) is 19.6. The van der Waals surface area contributed by atoms with Gasteiger partial charge in [0.15, 0.2) is 5.65 Å². The van der Waals surface area contributed by atoms with Crippen molar-refractivity contribution in [2.45, 2.75) is 84.3 Å². The zero-order valence-electron chi connectivity index (χ0n) is 24.9. The van der Waals surface area contributed by atoms with Crippen LogP contribution in [-0.4, -0.2) is 82.4 Å². The molecule has 6 rings (SSSR count). The molecule has 1 N–H and O–H groups in total. The molecule has 2 aromatic heterocycles. The first-order valence-corrected chi connectivity index (χ1v) is 15.8. The smallest absolute Gasteiger partial charge is 0.160 e. The summed E-state index contributed by atoms with van der Waals surface area (Å²) in [5, 5.41) is 3.84. The summed E-state index contributed by atoms with van der Waals surface area (Å²) in [6.45, 7) is 15.1. The number of hydrogen-bond donors (Lipinski definition) is 1. The van der Waals surface area contributed by atoms with Crippen LogP contribution >= 0.6 is 0 Å². The highest BCUT2D eigenvalue weighted by molar-refractivity contribution is 5.76. The topological polar surface area (TPSA) is 58.5 Å². The van der Waals surface area contributed by atoms with Crippen molar-refractivity contribution in [1.29, 1.82) is 0 Å². The standard InChI is InChI=1S/C33H48N6O/c1-4-31-36-32-24(2)21-25(3)34-33(32)39(31)23-27-7-11-29(12-8-27)35-28-9-5-26(6-10-28)22-37-15-13-30(14-16-37)38-17-19-40-20-18-38/h7-8,11-12,21,26,28,30,35H,4-6,9-10,13-20,22-23H2,1-3H3/t26-,28-. The van der Waals surface area contributed by atoms with E-state index in [2.05, 4.69) is 70.8 Å². The third-order valence-corrected chi connectivity index (χ3v) is 9.57. The summed E-state index contributed by atoms with van der Waals surface area (Å²) < 4.78 is 7.84. The summed E-state index contributed by atoms with van der Waals surface area (Å²) in [5.41, 5.74) is 6.84. The van der Waals surface area contributed by atoms with Crippen LogP contribution < -0.4 is 5.32 Å². The number of fused-ring (bicyclic) bond motifs is 1. The summed E-state index contributed by atoms with van der Waals surface area (Å²) in [6.07, 6.45) is 8.82. The molecule has 0 amide bonds. The van der Waals surface area contributed by atoms with Gasteiger partial charge in [-0.05, 0) is 101 Å². The van der Waals surface area contributed by atoms with Gasteiger partial charge in [0.25, 0.3) is 0 Å². The Morgan fingerprint density at radius 2 is 1.62 bits per heavy atom. The fraction of sp³-hybridized carbons (Fsp3) is 0.636. The van der Waals surface area contributed by atoms with Crippen molar-refractivity contribution in [2.75, 3.05) is 51.3 Å². The molecule has 0 radical (unpaired) electrons. The van der Waals surface area contributed by atoms with Crippen molar-refractivity contribution in [3.05, 3.63) is 53.0 Å². The summed E-state index contributed by atoms with van der Waals surface area (Å²) in [4.78, 5) is 15.2. The Morgan fingerprint density at radius 1 is 0.900 bits per heavy atom. The largest absolute Gasteiger partial charge is 0.382 e. The van der Waals surface area contributed by atoms with Crippen molar-refractivity contribution in [3.8, 4) is 0 Å². The van der Waals surface area contributed by atoms with Crippen molar-refractivity contribution in [3.63, 3.8) is 0 Å². The zero-order valence-corrected chi connectivity index (χ0v) is 24.9. The summed E-state index contributed by atoms with van der Waals surface area (Å²) in [7, 11) is 0. The molecular formula is C33H48N6O. The van der Waals surface area contributed by atoms with Crippen LogP contribution in [0.3, 0.4) is 0 Å². The average molecular weight is 545 g/mol. The molecule has 0 atom stereocenters. The Hall–Kier alpha value is -2.48. The Kier molecular flexibility index (Phi) is 8.70. The van der Waals surface area contributed by atoms with Gasteiger partial charge in [-0.25, -0.2) is 9.97 Å². The number of anilines is 1. The van der Waals surface area contributed by atoms with Crippen LogP contribution in [0.4, 0.5) is 5.69 Å². The Morgan fingerprint density at radius 3 is 2.33 bits per heavy atom. The molecule has 1 aromatic carbocycles. The third kappa shape index (κ3) is 6.37. The first-order valence-electron chi connectivity index (χ1n) is 15.8. The molecule has 4 heterocycles. The minimum atomic E-state index is 0.591. The molecule has 0 bridgehead atoms. The highest BCUT2D eigenvalue weighted by Crippen LogP contribution is 2.29. The summed E-state index contributed by atoms with van der Waals surface area (Å²) in [5.74, 6) is 1.97. The fourth-order valence-electron chi connectivity index (χ4n) is 7.27. The number of pyridine rings is 1. The number of rotatable bonds is 8. The maximum absolute atomic E-state index is 5.55. The Labute approximate surface area is 240 Å². The number of nitrogens with zero attached hydrogens (tertiary/aromatic N) is 5. The lowest BCUT2D eigenvalue weighted by Gasteiger charge is -2.41. The van der Waals surface area contributed by atoms with Gasteiger partial charge in [-0.2, -0.15) is 0 Å². The van der Waals surface area contributed by atoms with Gasteiger partial charge in [-0.15, -0.1) is 0 Å². The van der Waals surface area contributed by atoms with E-state index in [9.17, 15) is 0 Å². The molecule has 1 aliphatic carbocycles. The van der Waals surface area contributed by atoms with E-state index in [0.29, 0.717) is 6.04 Å². The average Bonchev–Trinajstić information content (AvgIpc) is 3.33. The van der Waals surface area contributed by atoms with E-state index in [1.807, 2.05) is 0 Å².